The molecule has 0 saturated heterocycles. The van der Waals surface area contributed by atoms with Crippen molar-refractivity contribution in [3.63, 3.8) is 0 Å². The monoisotopic (exact) mass is 320 g/mol. The minimum atomic E-state index is -3.24. The van der Waals surface area contributed by atoms with Gasteiger partial charge in [0, 0.05) is 0 Å². The Morgan fingerprint density at radius 2 is 1.10 bits per heavy atom. The summed E-state index contributed by atoms with van der Waals surface area (Å²) in [5.74, 6) is 0.854. The molecule has 0 fully saturated rings. The molecule has 0 aromatic rings. The van der Waals surface area contributed by atoms with E-state index in [4.69, 9.17) is 4.18 Å². The second kappa shape index (κ2) is 13.6. The molecule has 0 N–H and O–H groups in total. The minimum Gasteiger partial charge on any atom is -0.270 e. The summed E-state index contributed by atoms with van der Waals surface area (Å²) in [6, 6.07) is 0. The zero-order valence-corrected chi connectivity index (χ0v) is 15.2. The molecule has 0 atom stereocenters. The molecule has 3 nitrogen and oxygen atoms in total. The summed E-state index contributed by atoms with van der Waals surface area (Å²) in [5, 5.41) is 0. The number of hydrogen-bond donors (Lipinski definition) is 0. The first-order valence-electron chi connectivity index (χ1n) is 8.76. The number of unbranched alkanes of at least 4 members (excludes halogenated alkanes) is 10. The van der Waals surface area contributed by atoms with Gasteiger partial charge in [0.15, 0.2) is 0 Å². The van der Waals surface area contributed by atoms with Crippen LogP contribution < -0.4 is 0 Å². The molecule has 0 aliphatic carbocycles. The Morgan fingerprint density at radius 1 is 0.714 bits per heavy atom. The largest absolute Gasteiger partial charge is 0.270 e. The first-order chi connectivity index (χ1) is 9.92. The lowest BCUT2D eigenvalue weighted by atomic mass is 10.0. The fourth-order valence-corrected chi connectivity index (χ4v) is 2.88. The SMILES string of the molecule is CC(C)CCCCCCCCCCCCCOS(C)(=O)=O. The minimum absolute atomic E-state index is 0.342. The molecule has 0 spiro atoms. The lowest BCUT2D eigenvalue weighted by Crippen LogP contribution is -2.03. The van der Waals surface area contributed by atoms with E-state index in [0.717, 1.165) is 25.0 Å². The summed E-state index contributed by atoms with van der Waals surface area (Å²) in [5.41, 5.74) is 0. The zero-order chi connectivity index (χ0) is 16.0. The summed E-state index contributed by atoms with van der Waals surface area (Å²) in [6.45, 7) is 4.94. The fraction of sp³-hybridized carbons (Fsp3) is 1.00. The first kappa shape index (κ1) is 20.9. The highest BCUT2D eigenvalue weighted by molar-refractivity contribution is 7.85. The van der Waals surface area contributed by atoms with Crippen LogP contribution in [-0.2, 0) is 14.3 Å². The first-order valence-corrected chi connectivity index (χ1v) is 10.6. The van der Waals surface area contributed by atoms with E-state index in [1.807, 2.05) is 0 Å². The van der Waals surface area contributed by atoms with E-state index in [1.165, 1.54) is 64.2 Å². The summed E-state index contributed by atoms with van der Waals surface area (Å²) in [7, 11) is -3.24. The van der Waals surface area contributed by atoms with Gasteiger partial charge in [0.05, 0.1) is 12.9 Å². The van der Waals surface area contributed by atoms with Crippen molar-refractivity contribution >= 4 is 10.1 Å². The maximum absolute atomic E-state index is 10.7. The van der Waals surface area contributed by atoms with Crippen LogP contribution in [0.25, 0.3) is 0 Å². The van der Waals surface area contributed by atoms with Crippen molar-refractivity contribution in [1.82, 2.24) is 0 Å². The van der Waals surface area contributed by atoms with Crippen LogP contribution in [0.4, 0.5) is 0 Å². The van der Waals surface area contributed by atoms with Gasteiger partial charge < -0.3 is 0 Å². The predicted molar refractivity (Wildman–Crippen MR) is 91.0 cm³/mol. The smallest absolute Gasteiger partial charge is 0.264 e. The molecular formula is C17H36O3S. The Morgan fingerprint density at radius 3 is 1.48 bits per heavy atom. The molecule has 0 bridgehead atoms. The number of hydrogen-bond acceptors (Lipinski definition) is 3. The van der Waals surface area contributed by atoms with E-state index in [1.54, 1.807) is 0 Å². The van der Waals surface area contributed by atoms with E-state index >= 15 is 0 Å². The molecule has 0 radical (unpaired) electrons. The third kappa shape index (κ3) is 19.9. The van der Waals surface area contributed by atoms with Crippen molar-refractivity contribution in [1.29, 1.82) is 0 Å². The fourth-order valence-electron chi connectivity index (χ4n) is 2.46. The molecule has 0 amide bonds. The van der Waals surface area contributed by atoms with Gasteiger partial charge in [-0.25, -0.2) is 0 Å². The van der Waals surface area contributed by atoms with Crippen LogP contribution in [0.5, 0.6) is 0 Å². The van der Waals surface area contributed by atoms with Crippen LogP contribution in [0.2, 0.25) is 0 Å². The number of rotatable bonds is 15. The molecule has 4 heteroatoms. The van der Waals surface area contributed by atoms with Gasteiger partial charge in [0.2, 0.25) is 0 Å². The zero-order valence-electron chi connectivity index (χ0n) is 14.4. The molecular weight excluding hydrogens is 284 g/mol. The molecule has 0 aromatic heterocycles. The van der Waals surface area contributed by atoms with Crippen molar-refractivity contribution in [2.45, 2.75) is 90.9 Å². The molecule has 0 aromatic carbocycles. The van der Waals surface area contributed by atoms with Crippen molar-refractivity contribution < 1.29 is 12.6 Å². The lowest BCUT2D eigenvalue weighted by molar-refractivity contribution is 0.309. The van der Waals surface area contributed by atoms with E-state index in [-0.39, 0.29) is 0 Å². The summed E-state index contributed by atoms with van der Waals surface area (Å²) in [6.07, 6.45) is 16.5. The molecule has 0 heterocycles. The van der Waals surface area contributed by atoms with E-state index < -0.39 is 10.1 Å². The second-order valence-corrected chi connectivity index (χ2v) is 8.24. The van der Waals surface area contributed by atoms with Gasteiger partial charge >= 0.3 is 0 Å². The van der Waals surface area contributed by atoms with Gasteiger partial charge in [-0.2, -0.15) is 8.42 Å². The van der Waals surface area contributed by atoms with Crippen LogP contribution in [0, 0.1) is 5.92 Å². The van der Waals surface area contributed by atoms with Gasteiger partial charge in [-0.1, -0.05) is 84.5 Å². The maximum atomic E-state index is 10.7. The van der Waals surface area contributed by atoms with E-state index in [2.05, 4.69) is 13.8 Å². The van der Waals surface area contributed by atoms with Gasteiger partial charge in [-0.05, 0) is 12.3 Å². The van der Waals surface area contributed by atoms with Gasteiger partial charge in [-0.15, -0.1) is 0 Å². The van der Waals surface area contributed by atoms with E-state index in [9.17, 15) is 8.42 Å². The molecule has 0 aliphatic heterocycles. The predicted octanol–water partition coefficient (Wildman–Crippen LogP) is 5.30. The molecule has 0 rings (SSSR count). The van der Waals surface area contributed by atoms with E-state index in [0.29, 0.717) is 6.61 Å². The highest BCUT2D eigenvalue weighted by Gasteiger charge is 2.00. The van der Waals surface area contributed by atoms with Crippen molar-refractivity contribution in [2.24, 2.45) is 5.92 Å². The third-order valence-corrected chi connectivity index (χ3v) is 4.32. The normalized spacial score (nSPS) is 12.2. The van der Waals surface area contributed by atoms with Crippen molar-refractivity contribution in [2.75, 3.05) is 12.9 Å². The summed E-state index contributed by atoms with van der Waals surface area (Å²) >= 11 is 0. The highest BCUT2D eigenvalue weighted by Crippen LogP contribution is 2.13. The average Bonchev–Trinajstić information content (AvgIpc) is 2.37. The Kier molecular flexibility index (Phi) is 13.5. The quantitative estimate of drug-likeness (QED) is 0.304. The lowest BCUT2D eigenvalue weighted by Gasteiger charge is -2.05. The Balaban J connectivity index is 3.06. The molecule has 0 unspecified atom stereocenters. The van der Waals surface area contributed by atoms with Crippen molar-refractivity contribution in [3.05, 3.63) is 0 Å². The van der Waals surface area contributed by atoms with Gasteiger partial charge in [-0.3, -0.25) is 4.18 Å². The van der Waals surface area contributed by atoms with Gasteiger partial charge in [0.1, 0.15) is 0 Å². The standard InChI is InChI=1S/C17H36O3S/c1-17(2)15-13-11-9-7-5-4-6-8-10-12-14-16-20-21(3,18)19/h17H,4-16H2,1-3H3. The van der Waals surface area contributed by atoms with Crippen LogP contribution >= 0.6 is 0 Å². The molecule has 0 aliphatic rings. The second-order valence-electron chi connectivity index (χ2n) is 6.60. The summed E-state index contributed by atoms with van der Waals surface area (Å²) < 4.78 is 26.2. The van der Waals surface area contributed by atoms with Crippen LogP contribution in [0.15, 0.2) is 0 Å². The van der Waals surface area contributed by atoms with Crippen LogP contribution in [-0.4, -0.2) is 21.3 Å². The maximum Gasteiger partial charge on any atom is 0.264 e. The van der Waals surface area contributed by atoms with Crippen LogP contribution in [0.1, 0.15) is 90.9 Å². The Hall–Kier alpha value is -0.0900. The molecule has 21 heavy (non-hydrogen) atoms. The Bertz CT molecular complexity index is 310. The topological polar surface area (TPSA) is 43.4 Å². The summed E-state index contributed by atoms with van der Waals surface area (Å²) in [4.78, 5) is 0. The Labute approximate surface area is 133 Å². The van der Waals surface area contributed by atoms with Gasteiger partial charge in [0.25, 0.3) is 10.1 Å². The highest BCUT2D eigenvalue weighted by atomic mass is 32.2. The van der Waals surface area contributed by atoms with Crippen molar-refractivity contribution in [3.8, 4) is 0 Å². The molecule has 128 valence electrons. The van der Waals surface area contributed by atoms with Crippen LogP contribution in [0.3, 0.4) is 0 Å². The third-order valence-electron chi connectivity index (χ3n) is 3.72. The molecule has 0 saturated carbocycles. The average molecular weight is 321 g/mol.